The van der Waals surface area contributed by atoms with Crippen LogP contribution in [0.4, 0.5) is 0 Å². The highest BCUT2D eigenvalue weighted by Crippen LogP contribution is 2.32. The Morgan fingerprint density at radius 2 is 2.15 bits per heavy atom. The lowest BCUT2D eigenvalue weighted by atomic mass is 9.94. The number of pyridine rings is 1. The number of piperidine rings is 1. The molecule has 1 fully saturated rings. The van der Waals surface area contributed by atoms with Crippen LogP contribution in [-0.2, 0) is 5.88 Å². The summed E-state index contributed by atoms with van der Waals surface area (Å²) in [5, 5.41) is 0. The van der Waals surface area contributed by atoms with Gasteiger partial charge in [-0.1, -0.05) is 6.92 Å². The summed E-state index contributed by atoms with van der Waals surface area (Å²) in [6.45, 7) is 6.55. The maximum absolute atomic E-state index is 6.12. The molecule has 0 spiro atoms. The number of halogens is 1. The molecular weight excluding hydrogens is 272 g/mol. The molecule has 3 rings (SSSR count). The summed E-state index contributed by atoms with van der Waals surface area (Å²) in [5.74, 6) is 1.96. The van der Waals surface area contributed by atoms with Gasteiger partial charge >= 0.3 is 0 Å². The van der Waals surface area contributed by atoms with E-state index in [1.54, 1.807) is 0 Å². The van der Waals surface area contributed by atoms with Crippen molar-refractivity contribution in [2.75, 3.05) is 20.1 Å². The minimum atomic E-state index is 0.439. The maximum Gasteiger partial charge on any atom is 0.160 e. The van der Waals surface area contributed by atoms with Gasteiger partial charge in [0.2, 0.25) is 0 Å². The van der Waals surface area contributed by atoms with Gasteiger partial charge in [0.05, 0.1) is 5.88 Å². The largest absolute Gasteiger partial charge is 0.308 e. The summed E-state index contributed by atoms with van der Waals surface area (Å²) >= 11 is 6.12. The van der Waals surface area contributed by atoms with E-state index >= 15 is 0 Å². The second kappa shape index (κ2) is 5.34. The Hall–Kier alpha value is -1.13. The molecule has 5 heteroatoms. The average molecular weight is 293 g/mol. The summed E-state index contributed by atoms with van der Waals surface area (Å²) < 4.78 is 2.28. The topological polar surface area (TPSA) is 34.0 Å². The SMILES string of the molecule is Cc1ccc2nc(CCl)n(C3CCN(C)CC3C)c2n1. The van der Waals surface area contributed by atoms with E-state index < -0.39 is 0 Å². The first kappa shape index (κ1) is 13.8. The van der Waals surface area contributed by atoms with Crippen molar-refractivity contribution in [3.05, 3.63) is 23.7 Å². The Morgan fingerprint density at radius 3 is 2.85 bits per heavy atom. The molecule has 1 aliphatic heterocycles. The molecule has 2 unspecified atom stereocenters. The van der Waals surface area contributed by atoms with Gasteiger partial charge in [0.25, 0.3) is 0 Å². The number of imidazole rings is 1. The minimum Gasteiger partial charge on any atom is -0.308 e. The molecule has 20 heavy (non-hydrogen) atoms. The molecule has 0 radical (unpaired) electrons. The molecular formula is C15H21ClN4. The molecule has 0 bridgehead atoms. The summed E-state index contributed by atoms with van der Waals surface area (Å²) in [5.41, 5.74) is 2.97. The number of alkyl halides is 1. The Bertz CT molecular complexity index is 622. The molecule has 0 saturated carbocycles. The number of likely N-dealkylation sites (tertiary alicyclic amines) is 1. The van der Waals surface area contributed by atoms with Crippen molar-refractivity contribution in [2.45, 2.75) is 32.2 Å². The van der Waals surface area contributed by atoms with Crippen molar-refractivity contribution in [3.8, 4) is 0 Å². The Kier molecular flexibility index (Phi) is 3.69. The average Bonchev–Trinajstić information content (AvgIpc) is 2.76. The van der Waals surface area contributed by atoms with Crippen LogP contribution in [0.25, 0.3) is 11.2 Å². The van der Waals surface area contributed by atoms with Gasteiger partial charge in [0, 0.05) is 18.3 Å². The van der Waals surface area contributed by atoms with E-state index in [9.17, 15) is 0 Å². The third kappa shape index (κ3) is 2.31. The number of aromatic nitrogens is 3. The molecule has 4 nitrogen and oxygen atoms in total. The second-order valence-electron chi connectivity index (χ2n) is 5.92. The van der Waals surface area contributed by atoms with Crippen LogP contribution in [0, 0.1) is 12.8 Å². The van der Waals surface area contributed by atoms with Gasteiger partial charge in [-0.15, -0.1) is 11.6 Å². The summed E-state index contributed by atoms with van der Waals surface area (Å²) in [6, 6.07) is 4.50. The highest BCUT2D eigenvalue weighted by Gasteiger charge is 2.29. The zero-order valence-electron chi connectivity index (χ0n) is 12.3. The molecule has 108 valence electrons. The molecule has 2 aromatic rings. The van der Waals surface area contributed by atoms with E-state index in [0.29, 0.717) is 17.8 Å². The van der Waals surface area contributed by atoms with Crippen LogP contribution in [0.15, 0.2) is 12.1 Å². The van der Waals surface area contributed by atoms with Crippen LogP contribution in [-0.4, -0.2) is 39.6 Å². The van der Waals surface area contributed by atoms with Crippen LogP contribution in [0.5, 0.6) is 0 Å². The van der Waals surface area contributed by atoms with Crippen molar-refractivity contribution in [2.24, 2.45) is 5.92 Å². The predicted molar refractivity (Wildman–Crippen MR) is 82.1 cm³/mol. The van der Waals surface area contributed by atoms with Gasteiger partial charge in [0.15, 0.2) is 5.65 Å². The van der Waals surface area contributed by atoms with E-state index in [2.05, 4.69) is 28.4 Å². The number of aryl methyl sites for hydroxylation is 1. The molecule has 1 saturated heterocycles. The quantitative estimate of drug-likeness (QED) is 0.798. The van der Waals surface area contributed by atoms with Crippen molar-refractivity contribution < 1.29 is 0 Å². The number of fused-ring (bicyclic) bond motifs is 1. The van der Waals surface area contributed by atoms with Crippen molar-refractivity contribution in [1.29, 1.82) is 0 Å². The van der Waals surface area contributed by atoms with E-state index in [4.69, 9.17) is 16.6 Å². The van der Waals surface area contributed by atoms with Gasteiger partial charge in [-0.05, 0) is 45.0 Å². The van der Waals surface area contributed by atoms with Gasteiger partial charge < -0.3 is 9.47 Å². The zero-order chi connectivity index (χ0) is 14.3. The van der Waals surface area contributed by atoms with E-state index in [1.807, 2.05) is 19.1 Å². The first-order chi connectivity index (χ1) is 9.60. The molecule has 0 aliphatic carbocycles. The lowest BCUT2D eigenvalue weighted by Gasteiger charge is -2.36. The van der Waals surface area contributed by atoms with Crippen LogP contribution >= 0.6 is 11.6 Å². The Balaban J connectivity index is 2.11. The highest BCUT2D eigenvalue weighted by atomic mass is 35.5. The molecule has 2 atom stereocenters. The van der Waals surface area contributed by atoms with E-state index in [1.165, 1.54) is 0 Å². The molecule has 1 aliphatic rings. The predicted octanol–water partition coefficient (Wildman–Crippen LogP) is 2.99. The van der Waals surface area contributed by atoms with Crippen LogP contribution in [0.3, 0.4) is 0 Å². The Morgan fingerprint density at radius 1 is 1.35 bits per heavy atom. The van der Waals surface area contributed by atoms with Gasteiger partial charge in [-0.3, -0.25) is 0 Å². The lowest BCUT2D eigenvalue weighted by molar-refractivity contribution is 0.159. The highest BCUT2D eigenvalue weighted by molar-refractivity contribution is 6.16. The number of hydrogen-bond acceptors (Lipinski definition) is 3. The van der Waals surface area contributed by atoms with Crippen molar-refractivity contribution >= 4 is 22.8 Å². The molecule has 3 heterocycles. The lowest BCUT2D eigenvalue weighted by Crippen LogP contribution is -2.38. The third-order valence-electron chi connectivity index (χ3n) is 4.26. The van der Waals surface area contributed by atoms with E-state index in [0.717, 1.165) is 42.2 Å². The number of rotatable bonds is 2. The van der Waals surface area contributed by atoms with Crippen molar-refractivity contribution in [3.63, 3.8) is 0 Å². The molecule has 2 aromatic heterocycles. The van der Waals surface area contributed by atoms with Gasteiger partial charge in [-0.25, -0.2) is 9.97 Å². The zero-order valence-corrected chi connectivity index (χ0v) is 13.1. The Labute approximate surface area is 124 Å². The maximum atomic E-state index is 6.12. The smallest absolute Gasteiger partial charge is 0.160 e. The first-order valence-corrected chi connectivity index (χ1v) is 7.72. The number of nitrogens with zero attached hydrogens (tertiary/aromatic N) is 4. The first-order valence-electron chi connectivity index (χ1n) is 7.19. The minimum absolute atomic E-state index is 0.439. The van der Waals surface area contributed by atoms with E-state index in [-0.39, 0.29) is 0 Å². The molecule has 0 aromatic carbocycles. The normalized spacial score (nSPS) is 24.4. The number of hydrogen-bond donors (Lipinski definition) is 0. The standard InChI is InChI=1S/C15H21ClN4/c1-10-9-19(3)7-6-13(10)20-14(8-16)18-12-5-4-11(2)17-15(12)20/h4-5,10,13H,6-9H2,1-3H3. The summed E-state index contributed by atoms with van der Waals surface area (Å²) in [7, 11) is 2.18. The second-order valence-corrected chi connectivity index (χ2v) is 6.19. The van der Waals surface area contributed by atoms with Crippen LogP contribution in [0.1, 0.15) is 30.9 Å². The van der Waals surface area contributed by atoms with Gasteiger partial charge in [-0.2, -0.15) is 0 Å². The van der Waals surface area contributed by atoms with Crippen LogP contribution < -0.4 is 0 Å². The summed E-state index contributed by atoms with van der Waals surface area (Å²) in [6.07, 6.45) is 1.13. The molecule has 0 N–H and O–H groups in total. The fourth-order valence-corrected chi connectivity index (χ4v) is 3.47. The van der Waals surface area contributed by atoms with Crippen LogP contribution in [0.2, 0.25) is 0 Å². The fourth-order valence-electron chi connectivity index (χ4n) is 3.28. The third-order valence-corrected chi connectivity index (χ3v) is 4.50. The fraction of sp³-hybridized carbons (Fsp3) is 0.600. The molecule has 0 amide bonds. The monoisotopic (exact) mass is 292 g/mol. The van der Waals surface area contributed by atoms with Gasteiger partial charge in [0.1, 0.15) is 11.3 Å². The van der Waals surface area contributed by atoms with Crippen molar-refractivity contribution in [1.82, 2.24) is 19.4 Å². The summed E-state index contributed by atoms with van der Waals surface area (Å²) in [4.78, 5) is 11.7.